The molecule has 2 atom stereocenters. The van der Waals surface area contributed by atoms with Gasteiger partial charge in [0.15, 0.2) is 0 Å². The van der Waals surface area contributed by atoms with Crippen LogP contribution in [0.15, 0.2) is 0 Å². The fraction of sp³-hybridized carbons (Fsp3) is 0.500. The van der Waals surface area contributed by atoms with Crippen molar-refractivity contribution in [1.82, 2.24) is 5.32 Å². The number of amides is 1. The van der Waals surface area contributed by atoms with Crippen LogP contribution in [0.2, 0.25) is 0 Å². The third-order valence-corrected chi connectivity index (χ3v) is 4.39. The Kier molecular flexibility index (Phi) is 4.13. The Balaban J connectivity index is 2.37. The minimum atomic E-state index is -0.863. The molecule has 7 nitrogen and oxygen atoms in total. The summed E-state index contributed by atoms with van der Waals surface area (Å²) in [7, 11) is 0. The largest absolute Gasteiger partial charge is 0.396 e. The van der Waals surface area contributed by atoms with Crippen molar-refractivity contribution in [3.63, 3.8) is 0 Å². The van der Waals surface area contributed by atoms with Gasteiger partial charge in [-0.15, -0.1) is 11.3 Å². The maximum Gasteiger partial charge on any atom is 0.263 e. The topological polar surface area (TPSA) is 123 Å². The number of nitrogens with zero attached hydrogens (tertiary/aromatic N) is 2. The number of aliphatic hydroxyl groups excluding tert-OH is 2. The van der Waals surface area contributed by atoms with E-state index in [0.29, 0.717) is 11.5 Å². The van der Waals surface area contributed by atoms with E-state index >= 15 is 0 Å². The van der Waals surface area contributed by atoms with Crippen LogP contribution in [0.4, 0.5) is 10.7 Å². The van der Waals surface area contributed by atoms with Gasteiger partial charge in [-0.3, -0.25) is 4.79 Å². The third kappa shape index (κ3) is 2.43. The number of nitrogens with two attached hydrogens (primary N) is 1. The molecule has 1 aliphatic heterocycles. The molecule has 1 aromatic heterocycles. The molecule has 2 unspecified atom stereocenters. The molecule has 1 aliphatic rings. The Labute approximate surface area is 120 Å². The highest BCUT2D eigenvalue weighted by Crippen LogP contribution is 2.39. The number of anilines is 2. The lowest BCUT2D eigenvalue weighted by Crippen LogP contribution is -2.22. The molecule has 108 valence electrons. The molecule has 0 aliphatic carbocycles. The SMILES string of the molecule is CCNC(=O)c1sc(N2CC(O)C(O)C2)c(C#N)c1N. The van der Waals surface area contributed by atoms with Crippen molar-refractivity contribution in [2.75, 3.05) is 30.3 Å². The summed E-state index contributed by atoms with van der Waals surface area (Å²) in [5.41, 5.74) is 6.23. The highest BCUT2D eigenvalue weighted by Gasteiger charge is 2.33. The standard InChI is InChI=1S/C12H16N4O3S/c1-2-15-11(19)10-9(14)6(3-13)12(20-10)16-4-7(17)8(18)5-16/h7-8,17-18H,2,4-5,14H2,1H3,(H,15,19). The molecule has 0 bridgehead atoms. The normalized spacial score (nSPS) is 21.8. The monoisotopic (exact) mass is 296 g/mol. The molecule has 1 aromatic rings. The lowest BCUT2D eigenvalue weighted by Gasteiger charge is -2.15. The number of nitrogen functional groups attached to an aromatic ring is 1. The Morgan fingerprint density at radius 1 is 1.55 bits per heavy atom. The fourth-order valence-corrected chi connectivity index (χ4v) is 3.21. The van der Waals surface area contributed by atoms with E-state index in [1.165, 1.54) is 0 Å². The Morgan fingerprint density at radius 2 is 2.15 bits per heavy atom. The molecule has 2 rings (SSSR count). The molecular weight excluding hydrogens is 280 g/mol. The molecule has 0 saturated carbocycles. The summed E-state index contributed by atoms with van der Waals surface area (Å²) in [6, 6.07) is 1.99. The molecule has 0 spiro atoms. The molecule has 0 aromatic carbocycles. The first-order valence-corrected chi connectivity index (χ1v) is 7.02. The first kappa shape index (κ1) is 14.6. The number of carbonyl (C=O) groups excluding carboxylic acids is 1. The minimum Gasteiger partial charge on any atom is -0.396 e. The molecule has 2 heterocycles. The van der Waals surface area contributed by atoms with Gasteiger partial charge in [0.1, 0.15) is 21.5 Å². The zero-order valence-electron chi connectivity index (χ0n) is 11.0. The molecule has 8 heteroatoms. The Hall–Kier alpha value is -1.82. The Morgan fingerprint density at radius 3 is 2.65 bits per heavy atom. The predicted molar refractivity (Wildman–Crippen MR) is 75.7 cm³/mol. The lowest BCUT2D eigenvalue weighted by atomic mass is 10.2. The van der Waals surface area contributed by atoms with Crippen LogP contribution < -0.4 is 16.0 Å². The molecule has 0 radical (unpaired) electrons. The van der Waals surface area contributed by atoms with Crippen molar-refractivity contribution in [2.24, 2.45) is 0 Å². The predicted octanol–water partition coefficient (Wildman–Crippen LogP) is -0.507. The smallest absolute Gasteiger partial charge is 0.263 e. The van der Waals surface area contributed by atoms with Gasteiger partial charge in [0.25, 0.3) is 5.91 Å². The van der Waals surface area contributed by atoms with Gasteiger partial charge in [-0.2, -0.15) is 5.26 Å². The summed E-state index contributed by atoms with van der Waals surface area (Å²) in [6.07, 6.45) is -1.73. The average molecular weight is 296 g/mol. The molecular formula is C12H16N4O3S. The van der Waals surface area contributed by atoms with Crippen molar-refractivity contribution >= 4 is 27.9 Å². The van der Waals surface area contributed by atoms with E-state index in [2.05, 4.69) is 5.32 Å². The van der Waals surface area contributed by atoms with E-state index < -0.39 is 12.2 Å². The fourth-order valence-electron chi connectivity index (χ4n) is 2.11. The van der Waals surface area contributed by atoms with Gasteiger partial charge >= 0.3 is 0 Å². The second-order valence-electron chi connectivity index (χ2n) is 4.54. The molecule has 1 saturated heterocycles. The highest BCUT2D eigenvalue weighted by atomic mass is 32.1. The number of aliphatic hydroxyl groups is 2. The number of nitrogens with one attached hydrogen (secondary N) is 1. The number of thiophene rings is 1. The van der Waals surface area contributed by atoms with Crippen LogP contribution in [0.1, 0.15) is 22.2 Å². The zero-order valence-corrected chi connectivity index (χ0v) is 11.8. The van der Waals surface area contributed by atoms with E-state index in [4.69, 9.17) is 5.73 Å². The van der Waals surface area contributed by atoms with Gasteiger partial charge in [0.05, 0.1) is 17.9 Å². The van der Waals surface area contributed by atoms with Gasteiger partial charge in [-0.25, -0.2) is 0 Å². The lowest BCUT2D eigenvalue weighted by molar-refractivity contribution is 0.0572. The summed E-state index contributed by atoms with van der Waals surface area (Å²) >= 11 is 1.10. The number of hydrogen-bond donors (Lipinski definition) is 4. The van der Waals surface area contributed by atoms with Gasteiger partial charge in [0, 0.05) is 19.6 Å². The summed E-state index contributed by atoms with van der Waals surface area (Å²) < 4.78 is 0. The Bertz CT molecular complexity index is 556. The quantitative estimate of drug-likeness (QED) is 0.596. The highest BCUT2D eigenvalue weighted by molar-refractivity contribution is 7.19. The van der Waals surface area contributed by atoms with Crippen molar-refractivity contribution in [3.05, 3.63) is 10.4 Å². The molecule has 1 amide bonds. The van der Waals surface area contributed by atoms with E-state index in [1.807, 2.05) is 6.07 Å². The van der Waals surface area contributed by atoms with Crippen molar-refractivity contribution < 1.29 is 15.0 Å². The third-order valence-electron chi connectivity index (χ3n) is 3.13. The maximum atomic E-state index is 11.9. The van der Waals surface area contributed by atoms with E-state index in [1.54, 1.807) is 11.8 Å². The number of nitriles is 1. The molecule has 1 fully saturated rings. The summed E-state index contributed by atoms with van der Waals surface area (Å²) in [4.78, 5) is 13.8. The van der Waals surface area contributed by atoms with Crippen LogP contribution in [-0.2, 0) is 0 Å². The maximum absolute atomic E-state index is 11.9. The number of hydrogen-bond acceptors (Lipinski definition) is 7. The second-order valence-corrected chi connectivity index (χ2v) is 5.54. The van der Waals surface area contributed by atoms with Crippen LogP contribution in [0, 0.1) is 11.3 Å². The number of β-amino-alcohol motifs (C(OH)–C–C–N with tert-alkyl or cyclic N) is 2. The van der Waals surface area contributed by atoms with Crippen LogP contribution in [-0.4, -0.2) is 48.0 Å². The van der Waals surface area contributed by atoms with Crippen LogP contribution >= 0.6 is 11.3 Å². The van der Waals surface area contributed by atoms with Crippen molar-refractivity contribution in [2.45, 2.75) is 19.1 Å². The van der Waals surface area contributed by atoms with Gasteiger partial charge in [-0.1, -0.05) is 0 Å². The second kappa shape index (κ2) is 5.66. The van der Waals surface area contributed by atoms with E-state index in [-0.39, 0.29) is 35.1 Å². The zero-order chi connectivity index (χ0) is 14.9. The minimum absolute atomic E-state index is 0.148. The first-order valence-electron chi connectivity index (χ1n) is 6.21. The van der Waals surface area contributed by atoms with Crippen LogP contribution in [0.25, 0.3) is 0 Å². The van der Waals surface area contributed by atoms with Crippen LogP contribution in [0.5, 0.6) is 0 Å². The van der Waals surface area contributed by atoms with Gasteiger partial charge in [0.2, 0.25) is 0 Å². The number of carbonyl (C=O) groups is 1. The van der Waals surface area contributed by atoms with Crippen LogP contribution in [0.3, 0.4) is 0 Å². The van der Waals surface area contributed by atoms with Gasteiger partial charge < -0.3 is 26.2 Å². The van der Waals surface area contributed by atoms with Crippen molar-refractivity contribution in [1.29, 1.82) is 5.26 Å². The van der Waals surface area contributed by atoms with Crippen molar-refractivity contribution in [3.8, 4) is 6.07 Å². The molecule has 5 N–H and O–H groups in total. The summed E-state index contributed by atoms with van der Waals surface area (Å²) in [6.45, 7) is 2.69. The van der Waals surface area contributed by atoms with E-state index in [0.717, 1.165) is 11.3 Å². The summed E-state index contributed by atoms with van der Waals surface area (Å²) in [5, 5.41) is 31.5. The average Bonchev–Trinajstić information content (AvgIpc) is 2.90. The van der Waals surface area contributed by atoms with E-state index in [9.17, 15) is 20.3 Å². The first-order chi connectivity index (χ1) is 9.49. The summed E-state index contributed by atoms with van der Waals surface area (Å²) in [5.74, 6) is -0.321. The molecule has 20 heavy (non-hydrogen) atoms. The van der Waals surface area contributed by atoms with Gasteiger partial charge in [-0.05, 0) is 6.92 Å². The number of rotatable bonds is 3.